The van der Waals surface area contributed by atoms with Crippen molar-refractivity contribution in [3.8, 4) is 0 Å². The molecular formula is C9H11Cl2N3. The minimum Gasteiger partial charge on any atom is -0.293 e. The minimum absolute atomic E-state index is 0.181. The van der Waals surface area contributed by atoms with Crippen molar-refractivity contribution in [1.82, 2.24) is 9.97 Å². The molecule has 1 aromatic rings. The maximum Gasteiger partial charge on any atom is 0.224 e. The number of aliphatic imine (C=N–C) groups is 1. The highest BCUT2D eigenvalue weighted by molar-refractivity contribution is 6.33. The van der Waals surface area contributed by atoms with Crippen LogP contribution in [0, 0.1) is 0 Å². The zero-order chi connectivity index (χ0) is 10.6. The summed E-state index contributed by atoms with van der Waals surface area (Å²) >= 11 is 11.6. The SMILES string of the molecule is CCN=Cc1c(Cl)nc(Cl)nc1CC. The topological polar surface area (TPSA) is 38.1 Å². The first-order chi connectivity index (χ1) is 6.69. The molecule has 0 aliphatic carbocycles. The van der Waals surface area contributed by atoms with Crippen LogP contribution in [0.5, 0.6) is 0 Å². The van der Waals surface area contributed by atoms with Gasteiger partial charge in [-0.05, 0) is 24.9 Å². The number of hydrogen-bond donors (Lipinski definition) is 0. The second kappa shape index (κ2) is 5.27. The van der Waals surface area contributed by atoms with Crippen molar-refractivity contribution in [2.24, 2.45) is 4.99 Å². The molecule has 14 heavy (non-hydrogen) atoms. The van der Waals surface area contributed by atoms with Gasteiger partial charge in [-0.15, -0.1) is 0 Å². The summed E-state index contributed by atoms with van der Waals surface area (Å²) in [6.07, 6.45) is 2.45. The van der Waals surface area contributed by atoms with E-state index in [1.807, 2.05) is 13.8 Å². The Hall–Kier alpha value is -0.670. The van der Waals surface area contributed by atoms with Crippen molar-refractivity contribution in [3.05, 3.63) is 21.7 Å². The Morgan fingerprint density at radius 3 is 2.57 bits per heavy atom. The molecule has 0 aliphatic heterocycles. The van der Waals surface area contributed by atoms with E-state index in [1.165, 1.54) is 0 Å². The monoisotopic (exact) mass is 231 g/mol. The molecule has 0 spiro atoms. The lowest BCUT2D eigenvalue weighted by Gasteiger charge is -2.03. The Morgan fingerprint density at radius 1 is 1.29 bits per heavy atom. The Balaban J connectivity index is 3.18. The maximum absolute atomic E-state index is 5.92. The van der Waals surface area contributed by atoms with Crippen molar-refractivity contribution in [2.45, 2.75) is 20.3 Å². The van der Waals surface area contributed by atoms with Gasteiger partial charge in [-0.1, -0.05) is 18.5 Å². The van der Waals surface area contributed by atoms with Crippen LogP contribution in [-0.4, -0.2) is 22.7 Å². The van der Waals surface area contributed by atoms with Crippen LogP contribution in [0.3, 0.4) is 0 Å². The molecule has 0 saturated carbocycles. The second-order valence-electron chi connectivity index (χ2n) is 2.63. The van der Waals surface area contributed by atoms with Crippen LogP contribution in [0.25, 0.3) is 0 Å². The Kier molecular flexibility index (Phi) is 4.29. The Labute approximate surface area is 93.2 Å². The summed E-state index contributed by atoms with van der Waals surface area (Å²) in [7, 11) is 0. The van der Waals surface area contributed by atoms with E-state index in [0.717, 1.165) is 17.7 Å². The summed E-state index contributed by atoms with van der Waals surface area (Å²) in [5.41, 5.74) is 1.59. The third-order valence-corrected chi connectivity index (χ3v) is 2.15. The summed E-state index contributed by atoms with van der Waals surface area (Å²) in [5.74, 6) is 0. The fourth-order valence-corrected chi connectivity index (χ4v) is 1.50. The third-order valence-electron chi connectivity index (χ3n) is 1.69. The predicted molar refractivity (Wildman–Crippen MR) is 59.6 cm³/mol. The van der Waals surface area contributed by atoms with Gasteiger partial charge in [0.15, 0.2) is 0 Å². The van der Waals surface area contributed by atoms with Crippen LogP contribution >= 0.6 is 23.2 Å². The number of aryl methyl sites for hydroxylation is 1. The smallest absolute Gasteiger partial charge is 0.224 e. The van der Waals surface area contributed by atoms with Gasteiger partial charge in [0.25, 0.3) is 0 Å². The number of aromatic nitrogens is 2. The molecule has 0 unspecified atom stereocenters. The van der Waals surface area contributed by atoms with Crippen molar-refractivity contribution < 1.29 is 0 Å². The molecule has 0 atom stereocenters. The van der Waals surface area contributed by atoms with Crippen LogP contribution in [-0.2, 0) is 6.42 Å². The molecule has 3 nitrogen and oxygen atoms in total. The molecule has 1 heterocycles. The van der Waals surface area contributed by atoms with Gasteiger partial charge in [0.1, 0.15) is 5.15 Å². The Bertz CT molecular complexity index is 350. The van der Waals surface area contributed by atoms with Gasteiger partial charge >= 0.3 is 0 Å². The zero-order valence-electron chi connectivity index (χ0n) is 8.09. The molecular weight excluding hydrogens is 221 g/mol. The number of rotatable bonds is 3. The molecule has 0 bridgehead atoms. The number of hydrogen-bond acceptors (Lipinski definition) is 3. The lowest BCUT2D eigenvalue weighted by Crippen LogP contribution is -2.00. The Morgan fingerprint density at radius 2 is 2.00 bits per heavy atom. The summed E-state index contributed by atoms with van der Waals surface area (Å²) in [6, 6.07) is 0. The van der Waals surface area contributed by atoms with E-state index in [-0.39, 0.29) is 5.28 Å². The van der Waals surface area contributed by atoms with Crippen LogP contribution < -0.4 is 0 Å². The minimum atomic E-state index is 0.181. The summed E-state index contributed by atoms with van der Waals surface area (Å²) in [4.78, 5) is 12.1. The highest BCUT2D eigenvalue weighted by atomic mass is 35.5. The molecule has 0 fully saturated rings. The third kappa shape index (κ3) is 2.66. The van der Waals surface area contributed by atoms with E-state index in [2.05, 4.69) is 15.0 Å². The average Bonchev–Trinajstić information content (AvgIpc) is 2.15. The van der Waals surface area contributed by atoms with Crippen LogP contribution in [0.1, 0.15) is 25.1 Å². The second-order valence-corrected chi connectivity index (χ2v) is 3.32. The quantitative estimate of drug-likeness (QED) is 0.456. The van der Waals surface area contributed by atoms with Crippen LogP contribution in [0.4, 0.5) is 0 Å². The maximum atomic E-state index is 5.92. The molecule has 0 amide bonds. The predicted octanol–water partition coefficient (Wildman–Crippen LogP) is 2.78. The molecule has 0 N–H and O–H groups in total. The molecule has 1 rings (SSSR count). The summed E-state index contributed by atoms with van der Waals surface area (Å²) < 4.78 is 0. The molecule has 76 valence electrons. The fraction of sp³-hybridized carbons (Fsp3) is 0.444. The van der Waals surface area contributed by atoms with E-state index >= 15 is 0 Å². The number of nitrogens with zero attached hydrogens (tertiary/aromatic N) is 3. The van der Waals surface area contributed by atoms with Gasteiger partial charge in [0.2, 0.25) is 5.28 Å². The fourth-order valence-electron chi connectivity index (χ4n) is 1.04. The normalized spacial score (nSPS) is 11.1. The zero-order valence-corrected chi connectivity index (χ0v) is 9.60. The molecule has 0 radical (unpaired) electrons. The van der Waals surface area contributed by atoms with E-state index < -0.39 is 0 Å². The van der Waals surface area contributed by atoms with Gasteiger partial charge in [-0.2, -0.15) is 0 Å². The van der Waals surface area contributed by atoms with Gasteiger partial charge in [0.05, 0.1) is 11.3 Å². The van der Waals surface area contributed by atoms with Gasteiger partial charge in [-0.3, -0.25) is 4.99 Å². The molecule has 1 aromatic heterocycles. The average molecular weight is 232 g/mol. The van der Waals surface area contributed by atoms with Gasteiger partial charge in [-0.25, -0.2) is 9.97 Å². The van der Waals surface area contributed by atoms with Crippen molar-refractivity contribution >= 4 is 29.4 Å². The van der Waals surface area contributed by atoms with Gasteiger partial charge in [0, 0.05) is 12.8 Å². The van der Waals surface area contributed by atoms with Crippen molar-refractivity contribution in [3.63, 3.8) is 0 Å². The lowest BCUT2D eigenvalue weighted by atomic mass is 10.2. The van der Waals surface area contributed by atoms with Crippen molar-refractivity contribution in [1.29, 1.82) is 0 Å². The van der Waals surface area contributed by atoms with Gasteiger partial charge < -0.3 is 0 Å². The number of halogens is 2. The molecule has 0 aromatic carbocycles. The van der Waals surface area contributed by atoms with E-state index in [9.17, 15) is 0 Å². The first-order valence-electron chi connectivity index (χ1n) is 4.40. The first-order valence-corrected chi connectivity index (χ1v) is 5.16. The highest BCUT2D eigenvalue weighted by Gasteiger charge is 2.08. The summed E-state index contributed by atoms with van der Waals surface area (Å²) in [6.45, 7) is 4.65. The standard InChI is InChI=1S/C9H11Cl2N3/c1-3-7-6(5-12-4-2)8(10)14-9(11)13-7/h5H,3-4H2,1-2H3. The molecule has 0 saturated heterocycles. The van der Waals surface area contributed by atoms with E-state index in [0.29, 0.717) is 11.7 Å². The van der Waals surface area contributed by atoms with Crippen LogP contribution in [0.15, 0.2) is 4.99 Å². The highest BCUT2D eigenvalue weighted by Crippen LogP contribution is 2.17. The molecule has 5 heteroatoms. The lowest BCUT2D eigenvalue weighted by molar-refractivity contribution is 0.991. The van der Waals surface area contributed by atoms with Crippen LogP contribution in [0.2, 0.25) is 10.4 Å². The summed E-state index contributed by atoms with van der Waals surface area (Å²) in [5, 5.41) is 0.541. The van der Waals surface area contributed by atoms with Crippen molar-refractivity contribution in [2.75, 3.05) is 6.54 Å². The first kappa shape index (κ1) is 11.4. The largest absolute Gasteiger partial charge is 0.293 e. The van der Waals surface area contributed by atoms with E-state index in [1.54, 1.807) is 6.21 Å². The van der Waals surface area contributed by atoms with E-state index in [4.69, 9.17) is 23.2 Å². The molecule has 0 aliphatic rings.